The van der Waals surface area contributed by atoms with Gasteiger partial charge in [0.05, 0.1) is 12.3 Å². The Morgan fingerprint density at radius 2 is 2.12 bits per heavy atom. The van der Waals surface area contributed by atoms with Crippen LogP contribution in [0, 0.1) is 11.8 Å². The second-order valence-corrected chi connectivity index (χ2v) is 4.80. The standard InChI is InChI=1S/C11H17N3O3/c1-6-4-12-5-7(6)10(16)13-8-3-9(15)14(2)11(8)17/h6-8,12H,3-5H2,1-2H3,(H,13,16)/t6-,7-,8?/m1/s1. The van der Waals surface area contributed by atoms with Crippen molar-refractivity contribution < 1.29 is 14.4 Å². The molecule has 0 aromatic heterocycles. The van der Waals surface area contributed by atoms with E-state index in [0.29, 0.717) is 6.54 Å². The SMILES string of the molecule is C[C@@H]1CNC[C@H]1C(=O)NC1CC(=O)N(C)C1=O. The normalized spacial score (nSPS) is 33.3. The third kappa shape index (κ3) is 2.17. The summed E-state index contributed by atoms with van der Waals surface area (Å²) in [6, 6.07) is -0.673. The fraction of sp³-hybridized carbons (Fsp3) is 0.727. The predicted molar refractivity (Wildman–Crippen MR) is 59.8 cm³/mol. The number of likely N-dealkylation sites (tertiary alicyclic amines) is 1. The van der Waals surface area contributed by atoms with E-state index in [1.54, 1.807) is 0 Å². The van der Waals surface area contributed by atoms with Crippen LogP contribution in [0.3, 0.4) is 0 Å². The Labute approximate surface area is 99.7 Å². The smallest absolute Gasteiger partial charge is 0.252 e. The average molecular weight is 239 g/mol. The minimum Gasteiger partial charge on any atom is -0.343 e. The van der Waals surface area contributed by atoms with Crippen molar-refractivity contribution in [2.75, 3.05) is 20.1 Å². The lowest BCUT2D eigenvalue weighted by atomic mass is 9.97. The van der Waals surface area contributed by atoms with Gasteiger partial charge in [0.2, 0.25) is 11.8 Å². The molecule has 94 valence electrons. The minimum atomic E-state index is -0.673. The molecule has 17 heavy (non-hydrogen) atoms. The largest absolute Gasteiger partial charge is 0.343 e. The van der Waals surface area contributed by atoms with E-state index in [2.05, 4.69) is 10.6 Å². The van der Waals surface area contributed by atoms with Crippen molar-refractivity contribution in [1.82, 2.24) is 15.5 Å². The minimum absolute atomic E-state index is 0.0790. The van der Waals surface area contributed by atoms with Crippen LogP contribution in [0.4, 0.5) is 0 Å². The van der Waals surface area contributed by atoms with Crippen LogP contribution in [0.25, 0.3) is 0 Å². The Morgan fingerprint density at radius 3 is 2.59 bits per heavy atom. The lowest BCUT2D eigenvalue weighted by molar-refractivity contribution is -0.138. The number of likely N-dealkylation sites (N-methyl/N-ethyl adjacent to an activating group) is 1. The Balaban J connectivity index is 1.95. The summed E-state index contributed by atoms with van der Waals surface area (Å²) in [5.41, 5.74) is 0. The van der Waals surface area contributed by atoms with Gasteiger partial charge in [-0.05, 0) is 12.5 Å². The zero-order valence-electron chi connectivity index (χ0n) is 10.0. The van der Waals surface area contributed by atoms with Crippen molar-refractivity contribution >= 4 is 17.7 Å². The van der Waals surface area contributed by atoms with E-state index >= 15 is 0 Å². The molecule has 2 aliphatic rings. The maximum absolute atomic E-state index is 11.9. The van der Waals surface area contributed by atoms with Crippen LogP contribution in [0.15, 0.2) is 0 Å². The number of carbonyl (C=O) groups excluding carboxylic acids is 3. The highest BCUT2D eigenvalue weighted by Gasteiger charge is 2.39. The van der Waals surface area contributed by atoms with E-state index < -0.39 is 6.04 Å². The van der Waals surface area contributed by atoms with Crippen LogP contribution >= 0.6 is 0 Å². The molecule has 2 fully saturated rings. The molecule has 0 aliphatic carbocycles. The number of amides is 3. The fourth-order valence-electron chi connectivity index (χ4n) is 2.31. The molecule has 1 unspecified atom stereocenters. The van der Waals surface area contributed by atoms with Crippen molar-refractivity contribution in [3.63, 3.8) is 0 Å². The van der Waals surface area contributed by atoms with E-state index in [-0.39, 0.29) is 36.0 Å². The first-order valence-corrected chi connectivity index (χ1v) is 5.82. The first-order valence-electron chi connectivity index (χ1n) is 5.82. The van der Waals surface area contributed by atoms with Crippen LogP contribution in [0.5, 0.6) is 0 Å². The molecule has 2 aliphatic heterocycles. The molecular formula is C11H17N3O3. The number of nitrogens with one attached hydrogen (secondary N) is 2. The van der Waals surface area contributed by atoms with Crippen molar-refractivity contribution in [3.05, 3.63) is 0 Å². The van der Waals surface area contributed by atoms with Crippen LogP contribution < -0.4 is 10.6 Å². The molecule has 3 atom stereocenters. The van der Waals surface area contributed by atoms with Gasteiger partial charge in [-0.2, -0.15) is 0 Å². The van der Waals surface area contributed by atoms with Crippen molar-refractivity contribution in [2.45, 2.75) is 19.4 Å². The zero-order valence-corrected chi connectivity index (χ0v) is 10.0. The first-order chi connectivity index (χ1) is 8.00. The summed E-state index contributed by atoms with van der Waals surface area (Å²) >= 11 is 0. The zero-order chi connectivity index (χ0) is 12.6. The molecule has 0 aromatic carbocycles. The summed E-state index contributed by atoms with van der Waals surface area (Å²) in [7, 11) is 1.44. The second kappa shape index (κ2) is 4.44. The summed E-state index contributed by atoms with van der Waals surface area (Å²) in [5.74, 6) is -0.535. The Hall–Kier alpha value is -1.43. The highest BCUT2D eigenvalue weighted by atomic mass is 16.2. The highest BCUT2D eigenvalue weighted by Crippen LogP contribution is 2.17. The molecule has 2 saturated heterocycles. The van der Waals surface area contributed by atoms with Gasteiger partial charge in [-0.1, -0.05) is 6.92 Å². The van der Waals surface area contributed by atoms with E-state index in [4.69, 9.17) is 0 Å². The number of carbonyl (C=O) groups is 3. The highest BCUT2D eigenvalue weighted by molar-refractivity contribution is 6.06. The monoisotopic (exact) mass is 239 g/mol. The van der Waals surface area contributed by atoms with E-state index in [0.717, 1.165) is 11.4 Å². The molecule has 0 radical (unpaired) electrons. The van der Waals surface area contributed by atoms with Gasteiger partial charge < -0.3 is 10.6 Å². The number of hydrogen-bond acceptors (Lipinski definition) is 4. The Kier molecular flexibility index (Phi) is 3.15. The summed E-state index contributed by atoms with van der Waals surface area (Å²) < 4.78 is 0. The maximum Gasteiger partial charge on any atom is 0.252 e. The van der Waals surface area contributed by atoms with Gasteiger partial charge in [-0.15, -0.1) is 0 Å². The second-order valence-electron chi connectivity index (χ2n) is 4.80. The molecule has 6 nitrogen and oxygen atoms in total. The lowest BCUT2D eigenvalue weighted by Gasteiger charge is -2.17. The molecular weight excluding hydrogens is 222 g/mol. The first kappa shape index (κ1) is 12.0. The summed E-state index contributed by atoms with van der Waals surface area (Å²) in [6.07, 6.45) is 0.0790. The van der Waals surface area contributed by atoms with Gasteiger partial charge in [0, 0.05) is 13.6 Å². The molecule has 0 bridgehead atoms. The quantitative estimate of drug-likeness (QED) is 0.588. The fourth-order valence-corrected chi connectivity index (χ4v) is 2.31. The third-order valence-electron chi connectivity index (χ3n) is 3.55. The molecule has 0 spiro atoms. The topological polar surface area (TPSA) is 78.5 Å². The number of imide groups is 1. The Morgan fingerprint density at radius 1 is 1.41 bits per heavy atom. The van der Waals surface area contributed by atoms with E-state index in [1.807, 2.05) is 6.92 Å². The van der Waals surface area contributed by atoms with Gasteiger partial charge >= 0.3 is 0 Å². The molecule has 2 heterocycles. The van der Waals surface area contributed by atoms with Gasteiger partial charge in [0.15, 0.2) is 0 Å². The predicted octanol–water partition coefficient (Wildman–Crippen LogP) is -1.28. The molecule has 3 amide bonds. The summed E-state index contributed by atoms with van der Waals surface area (Å²) in [4.78, 5) is 35.9. The van der Waals surface area contributed by atoms with Crippen molar-refractivity contribution in [2.24, 2.45) is 11.8 Å². The van der Waals surface area contributed by atoms with Crippen molar-refractivity contribution in [1.29, 1.82) is 0 Å². The lowest BCUT2D eigenvalue weighted by Crippen LogP contribution is -2.44. The molecule has 0 aromatic rings. The van der Waals surface area contributed by atoms with Crippen LogP contribution in [-0.2, 0) is 14.4 Å². The maximum atomic E-state index is 11.9. The molecule has 0 saturated carbocycles. The van der Waals surface area contributed by atoms with E-state index in [1.165, 1.54) is 7.05 Å². The molecule has 2 rings (SSSR count). The third-order valence-corrected chi connectivity index (χ3v) is 3.55. The Bertz CT molecular complexity index is 369. The number of rotatable bonds is 2. The summed E-state index contributed by atoms with van der Waals surface area (Å²) in [5, 5.41) is 5.80. The molecule has 6 heteroatoms. The van der Waals surface area contributed by atoms with E-state index in [9.17, 15) is 14.4 Å². The van der Waals surface area contributed by atoms with Crippen LogP contribution in [-0.4, -0.2) is 48.8 Å². The van der Waals surface area contributed by atoms with Gasteiger partial charge in [-0.3, -0.25) is 19.3 Å². The van der Waals surface area contributed by atoms with Crippen molar-refractivity contribution in [3.8, 4) is 0 Å². The van der Waals surface area contributed by atoms with Gasteiger partial charge in [-0.25, -0.2) is 0 Å². The number of nitrogens with zero attached hydrogens (tertiary/aromatic N) is 1. The number of hydrogen-bond donors (Lipinski definition) is 2. The van der Waals surface area contributed by atoms with Crippen LogP contribution in [0.2, 0.25) is 0 Å². The average Bonchev–Trinajstić information content (AvgIpc) is 2.80. The summed E-state index contributed by atoms with van der Waals surface area (Å²) in [6.45, 7) is 3.45. The van der Waals surface area contributed by atoms with Gasteiger partial charge in [0.1, 0.15) is 6.04 Å². The van der Waals surface area contributed by atoms with Crippen LogP contribution in [0.1, 0.15) is 13.3 Å². The van der Waals surface area contributed by atoms with Gasteiger partial charge in [0.25, 0.3) is 5.91 Å². The molecule has 2 N–H and O–H groups in total.